The molecule has 2 aromatic rings. The molecule has 2 rings (SSSR count). The highest BCUT2D eigenvalue weighted by Crippen LogP contribution is 2.18. The number of hydrogen-bond donors (Lipinski definition) is 2. The van der Waals surface area contributed by atoms with Crippen LogP contribution in [0.15, 0.2) is 41.2 Å². The van der Waals surface area contributed by atoms with E-state index in [0.717, 1.165) is 10.2 Å². The van der Waals surface area contributed by atoms with Gasteiger partial charge in [-0.05, 0) is 30.5 Å². The standard InChI is InChI=1S/C18H20ClN3O4/c1-11(2)9-15(18(25)26)20-16(23)10-22-17(24)8-7-14(21-22)12-3-5-13(19)6-4-12/h3-8,11,15H,9-10H2,1-2H3,(H,20,23)(H,25,26)/t15-/m1/s1. The predicted molar refractivity (Wildman–Crippen MR) is 98.0 cm³/mol. The maximum absolute atomic E-state index is 12.2. The van der Waals surface area contributed by atoms with Crippen LogP contribution in [-0.4, -0.2) is 32.8 Å². The zero-order chi connectivity index (χ0) is 19.3. The molecule has 1 atom stereocenters. The van der Waals surface area contributed by atoms with Gasteiger partial charge in [-0.15, -0.1) is 0 Å². The summed E-state index contributed by atoms with van der Waals surface area (Å²) in [5, 5.41) is 16.4. The number of halogens is 1. The van der Waals surface area contributed by atoms with Gasteiger partial charge in [0.2, 0.25) is 5.91 Å². The number of nitrogens with zero attached hydrogens (tertiary/aromatic N) is 2. The monoisotopic (exact) mass is 377 g/mol. The lowest BCUT2D eigenvalue weighted by molar-refractivity contribution is -0.142. The summed E-state index contributed by atoms with van der Waals surface area (Å²) in [7, 11) is 0. The van der Waals surface area contributed by atoms with Gasteiger partial charge in [0, 0.05) is 16.7 Å². The van der Waals surface area contributed by atoms with Gasteiger partial charge in [0.25, 0.3) is 5.56 Å². The van der Waals surface area contributed by atoms with Crippen LogP contribution >= 0.6 is 11.6 Å². The van der Waals surface area contributed by atoms with Gasteiger partial charge in [-0.25, -0.2) is 9.48 Å². The second-order valence-corrected chi connectivity index (χ2v) is 6.75. The molecule has 0 fully saturated rings. The van der Waals surface area contributed by atoms with Gasteiger partial charge in [0.1, 0.15) is 12.6 Å². The molecule has 0 saturated carbocycles. The predicted octanol–water partition coefficient (Wildman–Crippen LogP) is 2.18. The fourth-order valence-corrected chi connectivity index (χ4v) is 2.53. The normalized spacial score (nSPS) is 12.0. The van der Waals surface area contributed by atoms with Gasteiger partial charge in [-0.3, -0.25) is 9.59 Å². The number of carboxylic acid groups (broad SMARTS) is 1. The van der Waals surface area contributed by atoms with Gasteiger partial charge >= 0.3 is 5.97 Å². The molecule has 8 heteroatoms. The van der Waals surface area contributed by atoms with E-state index < -0.39 is 23.5 Å². The smallest absolute Gasteiger partial charge is 0.326 e. The molecule has 0 aliphatic heterocycles. The first-order valence-electron chi connectivity index (χ1n) is 8.12. The third-order valence-corrected chi connectivity index (χ3v) is 3.89. The second kappa shape index (κ2) is 8.62. The number of nitrogens with one attached hydrogen (secondary N) is 1. The number of carbonyl (C=O) groups is 2. The van der Waals surface area contributed by atoms with E-state index in [2.05, 4.69) is 10.4 Å². The molecule has 1 heterocycles. The number of aliphatic carboxylic acids is 1. The maximum atomic E-state index is 12.2. The lowest BCUT2D eigenvalue weighted by Gasteiger charge is -2.16. The van der Waals surface area contributed by atoms with Crippen LogP contribution < -0.4 is 10.9 Å². The minimum Gasteiger partial charge on any atom is -0.480 e. The number of rotatable bonds is 7. The van der Waals surface area contributed by atoms with Crippen LogP contribution in [0.25, 0.3) is 11.3 Å². The molecule has 0 spiro atoms. The highest BCUT2D eigenvalue weighted by molar-refractivity contribution is 6.30. The highest BCUT2D eigenvalue weighted by Gasteiger charge is 2.21. The van der Waals surface area contributed by atoms with Gasteiger partial charge in [-0.1, -0.05) is 37.6 Å². The lowest BCUT2D eigenvalue weighted by atomic mass is 10.0. The summed E-state index contributed by atoms with van der Waals surface area (Å²) in [6.45, 7) is 3.37. The molecule has 1 aromatic carbocycles. The van der Waals surface area contributed by atoms with Crippen LogP contribution in [0.1, 0.15) is 20.3 Å². The molecule has 1 aromatic heterocycles. The summed E-state index contributed by atoms with van der Waals surface area (Å²) in [5.41, 5.74) is 0.798. The molecule has 2 N–H and O–H groups in total. The summed E-state index contributed by atoms with van der Waals surface area (Å²) in [6, 6.07) is 8.77. The Morgan fingerprint density at radius 2 is 1.85 bits per heavy atom. The van der Waals surface area contributed by atoms with Crippen molar-refractivity contribution in [2.45, 2.75) is 32.9 Å². The number of carbonyl (C=O) groups excluding carboxylic acids is 1. The van der Waals surface area contributed by atoms with Crippen molar-refractivity contribution in [3.63, 3.8) is 0 Å². The minimum atomic E-state index is -1.11. The van der Waals surface area contributed by atoms with Crippen molar-refractivity contribution >= 4 is 23.5 Å². The van der Waals surface area contributed by atoms with Crippen LogP contribution in [0.3, 0.4) is 0 Å². The molecule has 7 nitrogen and oxygen atoms in total. The third-order valence-electron chi connectivity index (χ3n) is 3.64. The Morgan fingerprint density at radius 3 is 2.42 bits per heavy atom. The Hall–Kier alpha value is -2.67. The summed E-state index contributed by atoms with van der Waals surface area (Å²) < 4.78 is 1.01. The second-order valence-electron chi connectivity index (χ2n) is 6.31. The van der Waals surface area contributed by atoms with E-state index in [1.54, 1.807) is 30.3 Å². The van der Waals surface area contributed by atoms with E-state index in [4.69, 9.17) is 11.6 Å². The van der Waals surface area contributed by atoms with E-state index in [1.165, 1.54) is 6.07 Å². The molecule has 0 unspecified atom stereocenters. The van der Waals surface area contributed by atoms with Crippen molar-refractivity contribution < 1.29 is 14.7 Å². The van der Waals surface area contributed by atoms with E-state index in [1.807, 2.05) is 13.8 Å². The summed E-state index contributed by atoms with van der Waals surface area (Å²) in [4.78, 5) is 35.4. The maximum Gasteiger partial charge on any atom is 0.326 e. The van der Waals surface area contributed by atoms with Crippen molar-refractivity contribution in [1.82, 2.24) is 15.1 Å². The molecule has 0 radical (unpaired) electrons. The average molecular weight is 378 g/mol. The summed E-state index contributed by atoms with van der Waals surface area (Å²) in [6.07, 6.45) is 0.300. The summed E-state index contributed by atoms with van der Waals surface area (Å²) in [5.74, 6) is -1.59. The largest absolute Gasteiger partial charge is 0.480 e. The van der Waals surface area contributed by atoms with Crippen LogP contribution in [0.4, 0.5) is 0 Å². The Balaban J connectivity index is 2.16. The first kappa shape index (κ1) is 19.7. The number of aromatic nitrogens is 2. The SMILES string of the molecule is CC(C)C[C@@H](NC(=O)Cn1nc(-c2ccc(Cl)cc2)ccc1=O)C(=O)O. The first-order chi connectivity index (χ1) is 12.3. The number of hydrogen-bond acceptors (Lipinski definition) is 4. The quantitative estimate of drug-likeness (QED) is 0.770. The van der Waals surface area contributed by atoms with Crippen LogP contribution in [0.5, 0.6) is 0 Å². The third kappa shape index (κ3) is 5.42. The zero-order valence-corrected chi connectivity index (χ0v) is 15.2. The Kier molecular flexibility index (Phi) is 6.52. The van der Waals surface area contributed by atoms with E-state index in [9.17, 15) is 19.5 Å². The van der Waals surface area contributed by atoms with Gasteiger partial charge in [0.05, 0.1) is 5.69 Å². The van der Waals surface area contributed by atoms with Crippen molar-refractivity contribution in [3.8, 4) is 11.3 Å². The fourth-order valence-electron chi connectivity index (χ4n) is 2.41. The Bertz CT molecular complexity index is 846. The van der Waals surface area contributed by atoms with Gasteiger partial charge in [-0.2, -0.15) is 5.10 Å². The van der Waals surface area contributed by atoms with Crippen molar-refractivity contribution in [1.29, 1.82) is 0 Å². The van der Waals surface area contributed by atoms with Crippen LogP contribution in [0.2, 0.25) is 5.02 Å². The topological polar surface area (TPSA) is 101 Å². The van der Waals surface area contributed by atoms with Gasteiger partial charge < -0.3 is 10.4 Å². The fraction of sp³-hybridized carbons (Fsp3) is 0.333. The number of benzene rings is 1. The molecular weight excluding hydrogens is 358 g/mol. The average Bonchev–Trinajstić information content (AvgIpc) is 2.56. The molecular formula is C18H20ClN3O4. The van der Waals surface area contributed by atoms with Crippen molar-refractivity contribution in [2.75, 3.05) is 0 Å². The molecule has 1 amide bonds. The minimum absolute atomic E-state index is 0.102. The first-order valence-corrected chi connectivity index (χ1v) is 8.50. The van der Waals surface area contributed by atoms with E-state index in [0.29, 0.717) is 17.1 Å². The van der Waals surface area contributed by atoms with Crippen LogP contribution in [-0.2, 0) is 16.1 Å². The lowest BCUT2D eigenvalue weighted by Crippen LogP contribution is -2.44. The zero-order valence-electron chi connectivity index (χ0n) is 14.5. The molecule has 0 aliphatic carbocycles. The summed E-state index contributed by atoms with van der Waals surface area (Å²) >= 11 is 5.86. The van der Waals surface area contributed by atoms with Crippen molar-refractivity contribution in [3.05, 3.63) is 51.8 Å². The van der Waals surface area contributed by atoms with E-state index in [-0.39, 0.29) is 12.5 Å². The molecule has 0 saturated heterocycles. The number of carboxylic acids is 1. The van der Waals surface area contributed by atoms with E-state index >= 15 is 0 Å². The van der Waals surface area contributed by atoms with Crippen LogP contribution in [0, 0.1) is 5.92 Å². The molecule has 0 aliphatic rings. The Morgan fingerprint density at radius 1 is 1.19 bits per heavy atom. The number of amides is 1. The highest BCUT2D eigenvalue weighted by atomic mass is 35.5. The van der Waals surface area contributed by atoms with Gasteiger partial charge in [0.15, 0.2) is 0 Å². The Labute approximate surface area is 155 Å². The molecule has 138 valence electrons. The molecule has 26 heavy (non-hydrogen) atoms. The van der Waals surface area contributed by atoms with Crippen molar-refractivity contribution in [2.24, 2.45) is 5.92 Å². The molecule has 0 bridgehead atoms.